The predicted molar refractivity (Wildman–Crippen MR) is 73.2 cm³/mol. The number of aryl methyl sites for hydroxylation is 1. The van der Waals surface area contributed by atoms with Gasteiger partial charge in [0.1, 0.15) is 0 Å². The number of nitrogens with two attached hydrogens (primary N) is 1. The van der Waals surface area contributed by atoms with Crippen molar-refractivity contribution in [1.29, 1.82) is 0 Å². The molecule has 0 saturated heterocycles. The van der Waals surface area contributed by atoms with E-state index < -0.39 is 0 Å². The zero-order chi connectivity index (χ0) is 13.3. The smallest absolute Gasteiger partial charge is 0.238 e. The molecular weight excluding hydrogens is 226 g/mol. The van der Waals surface area contributed by atoms with Crippen molar-refractivity contribution >= 4 is 11.6 Å². The van der Waals surface area contributed by atoms with Gasteiger partial charge in [-0.2, -0.15) is 0 Å². The molecule has 0 aromatic heterocycles. The second-order valence-corrected chi connectivity index (χ2v) is 5.17. The molecule has 0 radical (unpaired) electrons. The number of hydrogen-bond acceptors (Lipinski definition) is 3. The average Bonchev–Trinajstić information content (AvgIpc) is 2.70. The quantitative estimate of drug-likeness (QED) is 0.792. The van der Waals surface area contributed by atoms with E-state index in [2.05, 4.69) is 11.4 Å². The van der Waals surface area contributed by atoms with E-state index in [0.717, 1.165) is 18.5 Å². The first-order valence-electron chi connectivity index (χ1n) is 6.34. The van der Waals surface area contributed by atoms with E-state index in [4.69, 9.17) is 5.73 Å². The number of nitrogens with zero attached hydrogens (tertiary/aromatic N) is 1. The fraction of sp³-hybridized carbons (Fsp3) is 0.500. The third kappa shape index (κ3) is 2.48. The first kappa shape index (κ1) is 12.9. The minimum Gasteiger partial charge on any atom is -0.399 e. The number of amides is 1. The number of nitrogens with one attached hydrogen (secondary N) is 1. The first-order valence-corrected chi connectivity index (χ1v) is 6.34. The summed E-state index contributed by atoms with van der Waals surface area (Å²) in [6, 6.07) is 6.14. The molecule has 1 aromatic rings. The Hall–Kier alpha value is -1.55. The summed E-state index contributed by atoms with van der Waals surface area (Å²) in [5.74, 6) is 0.110. The molecule has 0 saturated carbocycles. The van der Waals surface area contributed by atoms with E-state index in [1.54, 1.807) is 19.0 Å². The minimum absolute atomic E-state index is 0.110. The van der Waals surface area contributed by atoms with Crippen LogP contribution in [0.4, 0.5) is 5.69 Å². The summed E-state index contributed by atoms with van der Waals surface area (Å²) in [7, 11) is 3.56. The number of benzene rings is 1. The van der Waals surface area contributed by atoms with Crippen LogP contribution in [0.3, 0.4) is 0 Å². The lowest BCUT2D eigenvalue weighted by Crippen LogP contribution is -2.42. The highest BCUT2D eigenvalue weighted by molar-refractivity contribution is 5.81. The molecule has 0 fully saturated rings. The molecule has 2 atom stereocenters. The Balaban J connectivity index is 2.08. The molecule has 1 aliphatic carbocycles. The van der Waals surface area contributed by atoms with Crippen LogP contribution in [0.25, 0.3) is 0 Å². The number of hydrogen-bond donors (Lipinski definition) is 2. The Labute approximate surface area is 108 Å². The molecule has 0 spiro atoms. The van der Waals surface area contributed by atoms with Gasteiger partial charge in [-0.3, -0.25) is 10.1 Å². The Morgan fingerprint density at radius 1 is 1.50 bits per heavy atom. The van der Waals surface area contributed by atoms with Crippen LogP contribution in [0, 0.1) is 0 Å². The zero-order valence-electron chi connectivity index (χ0n) is 11.2. The maximum absolute atomic E-state index is 11.8. The maximum atomic E-state index is 11.8. The lowest BCUT2D eigenvalue weighted by atomic mass is 10.1. The van der Waals surface area contributed by atoms with Crippen molar-refractivity contribution in [2.75, 3.05) is 19.8 Å². The highest BCUT2D eigenvalue weighted by Gasteiger charge is 2.26. The van der Waals surface area contributed by atoms with Crippen LogP contribution in [0.1, 0.15) is 30.5 Å². The Morgan fingerprint density at radius 2 is 2.22 bits per heavy atom. The van der Waals surface area contributed by atoms with Crippen molar-refractivity contribution in [2.24, 2.45) is 0 Å². The van der Waals surface area contributed by atoms with Crippen molar-refractivity contribution < 1.29 is 4.79 Å². The molecule has 1 amide bonds. The molecule has 4 heteroatoms. The van der Waals surface area contributed by atoms with Crippen molar-refractivity contribution in [3.63, 3.8) is 0 Å². The minimum atomic E-state index is -0.159. The van der Waals surface area contributed by atoms with Crippen molar-refractivity contribution in [3.8, 4) is 0 Å². The number of anilines is 1. The van der Waals surface area contributed by atoms with Crippen molar-refractivity contribution in [2.45, 2.75) is 31.8 Å². The Bertz CT molecular complexity index is 456. The van der Waals surface area contributed by atoms with E-state index >= 15 is 0 Å². The fourth-order valence-corrected chi connectivity index (χ4v) is 2.57. The number of rotatable bonds is 3. The number of carbonyl (C=O) groups excluding carboxylic acids is 1. The van der Waals surface area contributed by atoms with E-state index in [1.807, 2.05) is 19.1 Å². The second kappa shape index (κ2) is 4.98. The van der Waals surface area contributed by atoms with Crippen LogP contribution in [0.5, 0.6) is 0 Å². The lowest BCUT2D eigenvalue weighted by molar-refractivity contribution is -0.130. The largest absolute Gasteiger partial charge is 0.399 e. The molecule has 18 heavy (non-hydrogen) atoms. The van der Waals surface area contributed by atoms with Gasteiger partial charge in [-0.05, 0) is 43.0 Å². The van der Waals surface area contributed by atoms with Gasteiger partial charge in [-0.25, -0.2) is 0 Å². The maximum Gasteiger partial charge on any atom is 0.238 e. The molecule has 0 heterocycles. The second-order valence-electron chi connectivity index (χ2n) is 5.17. The number of likely N-dealkylation sites (N-methyl/N-ethyl adjacent to an activating group) is 1. The van der Waals surface area contributed by atoms with Crippen LogP contribution in [0.15, 0.2) is 18.2 Å². The fourth-order valence-electron chi connectivity index (χ4n) is 2.57. The van der Waals surface area contributed by atoms with Crippen molar-refractivity contribution in [1.82, 2.24) is 10.2 Å². The van der Waals surface area contributed by atoms with Gasteiger partial charge in [0.15, 0.2) is 0 Å². The summed E-state index contributed by atoms with van der Waals surface area (Å²) in [6.45, 7) is 1.91. The summed E-state index contributed by atoms with van der Waals surface area (Å²) >= 11 is 0. The predicted octanol–water partition coefficient (Wildman–Crippen LogP) is 1.32. The number of nitrogen functional groups attached to an aromatic ring is 1. The van der Waals surface area contributed by atoms with Crippen LogP contribution >= 0.6 is 0 Å². The van der Waals surface area contributed by atoms with Gasteiger partial charge in [-0.15, -0.1) is 0 Å². The molecule has 2 unspecified atom stereocenters. The van der Waals surface area contributed by atoms with Gasteiger partial charge in [-0.1, -0.05) is 6.07 Å². The van der Waals surface area contributed by atoms with Crippen molar-refractivity contribution in [3.05, 3.63) is 29.3 Å². The molecule has 1 aromatic carbocycles. The van der Waals surface area contributed by atoms with Crippen LogP contribution in [0.2, 0.25) is 0 Å². The van der Waals surface area contributed by atoms with E-state index in [1.165, 1.54) is 11.1 Å². The molecule has 0 aliphatic heterocycles. The summed E-state index contributed by atoms with van der Waals surface area (Å²) in [5.41, 5.74) is 9.18. The van der Waals surface area contributed by atoms with Gasteiger partial charge < -0.3 is 10.6 Å². The lowest BCUT2D eigenvalue weighted by Gasteiger charge is -2.22. The summed E-state index contributed by atoms with van der Waals surface area (Å²) in [4.78, 5) is 13.5. The van der Waals surface area contributed by atoms with Crippen LogP contribution in [-0.2, 0) is 11.2 Å². The number of carbonyl (C=O) groups is 1. The monoisotopic (exact) mass is 247 g/mol. The first-order chi connectivity index (χ1) is 8.49. The highest BCUT2D eigenvalue weighted by Crippen LogP contribution is 2.32. The standard InChI is InChI=1S/C14H21N3O/c1-9(14(18)17(2)3)16-13-7-4-10-8-11(15)5-6-12(10)13/h5-6,8-9,13,16H,4,7,15H2,1-3H3. The Kier molecular flexibility index (Phi) is 3.57. The highest BCUT2D eigenvalue weighted by atomic mass is 16.2. The molecule has 98 valence electrons. The molecule has 2 rings (SSSR count). The zero-order valence-corrected chi connectivity index (χ0v) is 11.2. The molecule has 0 bridgehead atoms. The van der Waals surface area contributed by atoms with Gasteiger partial charge >= 0.3 is 0 Å². The molecule has 4 nitrogen and oxygen atoms in total. The molecule has 1 aliphatic rings. The molecule has 3 N–H and O–H groups in total. The summed E-state index contributed by atoms with van der Waals surface area (Å²) < 4.78 is 0. The Morgan fingerprint density at radius 3 is 2.89 bits per heavy atom. The summed E-state index contributed by atoms with van der Waals surface area (Å²) in [6.07, 6.45) is 2.06. The number of fused-ring (bicyclic) bond motifs is 1. The average molecular weight is 247 g/mol. The van der Waals surface area contributed by atoms with Gasteiger partial charge in [0.05, 0.1) is 6.04 Å². The third-order valence-electron chi connectivity index (χ3n) is 3.51. The van der Waals surface area contributed by atoms with Gasteiger partial charge in [0, 0.05) is 25.8 Å². The normalized spacial score (nSPS) is 19.4. The molecular formula is C14H21N3O. The summed E-state index contributed by atoms with van der Waals surface area (Å²) in [5, 5.41) is 3.40. The third-order valence-corrected chi connectivity index (χ3v) is 3.51. The topological polar surface area (TPSA) is 58.4 Å². The SMILES string of the molecule is CC(NC1CCc2cc(N)ccc21)C(=O)N(C)C. The van der Waals surface area contributed by atoms with E-state index in [-0.39, 0.29) is 18.0 Å². The van der Waals surface area contributed by atoms with Crippen LogP contribution < -0.4 is 11.1 Å². The van der Waals surface area contributed by atoms with Gasteiger partial charge in [0.25, 0.3) is 0 Å². The van der Waals surface area contributed by atoms with Gasteiger partial charge in [0.2, 0.25) is 5.91 Å². The van der Waals surface area contributed by atoms with E-state index in [0.29, 0.717) is 0 Å². The van der Waals surface area contributed by atoms with E-state index in [9.17, 15) is 4.79 Å². The van der Waals surface area contributed by atoms with Crippen LogP contribution in [-0.4, -0.2) is 30.9 Å².